The summed E-state index contributed by atoms with van der Waals surface area (Å²) in [6.07, 6.45) is 6.56. The Labute approximate surface area is 142 Å². The van der Waals surface area contributed by atoms with Gasteiger partial charge < -0.3 is 15.0 Å². The van der Waals surface area contributed by atoms with Gasteiger partial charge in [0, 0.05) is 58.0 Å². The van der Waals surface area contributed by atoms with E-state index in [-0.39, 0.29) is 0 Å². The monoisotopic (exact) mass is 325 g/mol. The van der Waals surface area contributed by atoms with Crippen LogP contribution in [0.1, 0.15) is 6.42 Å². The molecule has 2 aromatic heterocycles. The molecule has 126 valence electrons. The van der Waals surface area contributed by atoms with Gasteiger partial charge >= 0.3 is 0 Å². The number of nitrogens with zero attached hydrogens (tertiary/aromatic N) is 4. The summed E-state index contributed by atoms with van der Waals surface area (Å²) in [5.74, 6) is 0.796. The first-order valence-corrected chi connectivity index (χ1v) is 8.03. The maximum atomic E-state index is 5.07. The number of fused-ring (bicyclic) bond motifs is 1. The number of anilines is 2. The number of rotatable bonds is 7. The lowest BCUT2D eigenvalue weighted by Gasteiger charge is -2.12. The molecule has 6 nitrogen and oxygen atoms in total. The molecule has 0 amide bonds. The van der Waals surface area contributed by atoms with E-state index in [4.69, 9.17) is 4.74 Å². The number of hydrogen-bond donors (Lipinski definition) is 1. The Morgan fingerprint density at radius 3 is 2.67 bits per heavy atom. The Bertz CT molecular complexity index is 795. The van der Waals surface area contributed by atoms with E-state index in [1.807, 2.05) is 26.5 Å². The molecule has 1 N–H and O–H groups in total. The highest BCUT2D eigenvalue weighted by Gasteiger charge is 2.10. The second kappa shape index (κ2) is 7.31. The fourth-order valence-electron chi connectivity index (χ4n) is 2.61. The van der Waals surface area contributed by atoms with E-state index < -0.39 is 0 Å². The van der Waals surface area contributed by atoms with Gasteiger partial charge in [-0.25, -0.2) is 9.97 Å². The summed E-state index contributed by atoms with van der Waals surface area (Å²) in [5, 5.41) is 3.33. The van der Waals surface area contributed by atoms with Gasteiger partial charge in [0.1, 0.15) is 0 Å². The van der Waals surface area contributed by atoms with Crippen molar-refractivity contribution in [3.8, 4) is 11.3 Å². The summed E-state index contributed by atoms with van der Waals surface area (Å²) in [7, 11) is 5.79. The van der Waals surface area contributed by atoms with Crippen LogP contribution >= 0.6 is 0 Å². The minimum Gasteiger partial charge on any atom is -0.385 e. The molecule has 24 heavy (non-hydrogen) atoms. The van der Waals surface area contributed by atoms with E-state index in [0.29, 0.717) is 0 Å². The molecule has 2 heterocycles. The molecule has 0 aliphatic rings. The Morgan fingerprint density at radius 1 is 1.17 bits per heavy atom. The molecule has 6 heteroatoms. The third-order valence-corrected chi connectivity index (χ3v) is 3.93. The predicted molar refractivity (Wildman–Crippen MR) is 97.7 cm³/mol. The van der Waals surface area contributed by atoms with Crippen molar-refractivity contribution in [3.05, 3.63) is 42.9 Å². The van der Waals surface area contributed by atoms with Crippen LogP contribution in [0.25, 0.3) is 16.9 Å². The van der Waals surface area contributed by atoms with Crippen molar-refractivity contribution in [3.63, 3.8) is 0 Å². The minimum atomic E-state index is 0.730. The molecule has 0 aliphatic carbocycles. The second-order valence-corrected chi connectivity index (χ2v) is 5.83. The highest BCUT2D eigenvalue weighted by Crippen LogP contribution is 2.25. The van der Waals surface area contributed by atoms with E-state index in [0.717, 1.165) is 42.3 Å². The summed E-state index contributed by atoms with van der Waals surface area (Å²) in [5.41, 5.74) is 4.19. The van der Waals surface area contributed by atoms with Crippen LogP contribution in [0, 0.1) is 0 Å². The van der Waals surface area contributed by atoms with Crippen molar-refractivity contribution in [1.82, 2.24) is 14.4 Å². The minimum absolute atomic E-state index is 0.730. The average Bonchev–Trinajstić information content (AvgIpc) is 3.03. The van der Waals surface area contributed by atoms with Crippen LogP contribution < -0.4 is 10.2 Å². The molecule has 0 atom stereocenters. The Hall–Kier alpha value is -2.60. The quantitative estimate of drug-likeness (QED) is 0.677. The number of hydrogen-bond acceptors (Lipinski definition) is 5. The Balaban J connectivity index is 1.87. The number of benzene rings is 1. The summed E-state index contributed by atoms with van der Waals surface area (Å²) in [6.45, 7) is 1.54. The van der Waals surface area contributed by atoms with Crippen LogP contribution in [-0.4, -0.2) is 48.7 Å². The van der Waals surface area contributed by atoms with Gasteiger partial charge in [0.25, 0.3) is 0 Å². The fourth-order valence-corrected chi connectivity index (χ4v) is 2.61. The molecular weight excluding hydrogens is 302 g/mol. The maximum absolute atomic E-state index is 5.07. The number of imidazole rings is 1. The van der Waals surface area contributed by atoms with Gasteiger partial charge in [0.05, 0.1) is 11.9 Å². The van der Waals surface area contributed by atoms with Crippen molar-refractivity contribution >= 4 is 17.2 Å². The highest BCUT2D eigenvalue weighted by atomic mass is 16.5. The van der Waals surface area contributed by atoms with Crippen molar-refractivity contribution in [2.45, 2.75) is 6.42 Å². The molecule has 1 aromatic carbocycles. The first-order valence-electron chi connectivity index (χ1n) is 8.03. The van der Waals surface area contributed by atoms with Crippen molar-refractivity contribution in [1.29, 1.82) is 0 Å². The Morgan fingerprint density at radius 2 is 1.96 bits per heavy atom. The topological polar surface area (TPSA) is 54.7 Å². The molecule has 0 bridgehead atoms. The molecule has 0 aliphatic heterocycles. The zero-order chi connectivity index (χ0) is 16.9. The van der Waals surface area contributed by atoms with Gasteiger partial charge in [-0.2, -0.15) is 0 Å². The number of nitrogens with one attached hydrogen (secondary N) is 1. The summed E-state index contributed by atoms with van der Waals surface area (Å²) >= 11 is 0. The average molecular weight is 325 g/mol. The SMILES string of the molecule is COCCCNc1nccn2c(-c3ccc(N(C)C)cc3)cnc12. The van der Waals surface area contributed by atoms with E-state index >= 15 is 0 Å². The van der Waals surface area contributed by atoms with Crippen LogP contribution in [0.5, 0.6) is 0 Å². The van der Waals surface area contributed by atoms with E-state index in [2.05, 4.69) is 48.9 Å². The molecule has 3 rings (SSSR count). The van der Waals surface area contributed by atoms with Crippen molar-refractivity contribution < 1.29 is 4.74 Å². The lowest BCUT2D eigenvalue weighted by atomic mass is 10.1. The van der Waals surface area contributed by atoms with Gasteiger partial charge in [0.2, 0.25) is 0 Å². The summed E-state index contributed by atoms with van der Waals surface area (Å²) in [4.78, 5) is 11.0. The summed E-state index contributed by atoms with van der Waals surface area (Å²) in [6, 6.07) is 8.45. The maximum Gasteiger partial charge on any atom is 0.180 e. The van der Waals surface area contributed by atoms with Gasteiger partial charge in [-0.1, -0.05) is 12.1 Å². The number of ether oxygens (including phenoxy) is 1. The van der Waals surface area contributed by atoms with E-state index in [9.17, 15) is 0 Å². The zero-order valence-electron chi connectivity index (χ0n) is 14.4. The predicted octanol–water partition coefficient (Wildman–Crippen LogP) is 2.91. The van der Waals surface area contributed by atoms with Crippen LogP contribution in [0.4, 0.5) is 11.5 Å². The van der Waals surface area contributed by atoms with Crippen LogP contribution in [0.2, 0.25) is 0 Å². The first kappa shape index (κ1) is 16.3. The third-order valence-electron chi connectivity index (χ3n) is 3.93. The largest absolute Gasteiger partial charge is 0.385 e. The molecule has 3 aromatic rings. The van der Waals surface area contributed by atoms with E-state index in [1.165, 1.54) is 5.69 Å². The van der Waals surface area contributed by atoms with Gasteiger partial charge in [-0.15, -0.1) is 0 Å². The lowest BCUT2D eigenvalue weighted by Crippen LogP contribution is -2.08. The number of methoxy groups -OCH3 is 1. The van der Waals surface area contributed by atoms with Gasteiger partial charge in [-0.3, -0.25) is 4.40 Å². The van der Waals surface area contributed by atoms with Crippen LogP contribution in [0.3, 0.4) is 0 Å². The smallest absolute Gasteiger partial charge is 0.180 e. The molecule has 0 fully saturated rings. The molecule has 0 spiro atoms. The van der Waals surface area contributed by atoms with Crippen molar-refractivity contribution in [2.75, 3.05) is 44.6 Å². The van der Waals surface area contributed by atoms with Crippen LogP contribution in [0.15, 0.2) is 42.9 Å². The van der Waals surface area contributed by atoms with Crippen molar-refractivity contribution in [2.24, 2.45) is 0 Å². The van der Waals surface area contributed by atoms with Gasteiger partial charge in [-0.05, 0) is 18.6 Å². The first-order chi connectivity index (χ1) is 11.7. The molecule has 0 radical (unpaired) electrons. The molecule has 0 saturated carbocycles. The normalized spacial score (nSPS) is 11.0. The fraction of sp³-hybridized carbons (Fsp3) is 0.333. The molecular formula is C18H23N5O. The van der Waals surface area contributed by atoms with Crippen LogP contribution in [-0.2, 0) is 4.74 Å². The summed E-state index contributed by atoms with van der Waals surface area (Å²) < 4.78 is 7.14. The third kappa shape index (κ3) is 3.33. The van der Waals surface area contributed by atoms with E-state index in [1.54, 1.807) is 13.3 Å². The lowest BCUT2D eigenvalue weighted by molar-refractivity contribution is 0.198. The van der Waals surface area contributed by atoms with Gasteiger partial charge in [0.15, 0.2) is 11.5 Å². The molecule has 0 saturated heterocycles. The zero-order valence-corrected chi connectivity index (χ0v) is 14.4. The highest BCUT2D eigenvalue weighted by molar-refractivity contribution is 5.71. The Kier molecular flexibility index (Phi) is 4.96. The second-order valence-electron chi connectivity index (χ2n) is 5.83. The standard InChI is InChI=1S/C18H23N5O/c1-22(2)15-7-5-14(6-8-15)16-13-21-18-17(19-9-4-12-24-3)20-10-11-23(16)18/h5-8,10-11,13H,4,9,12H2,1-3H3,(H,19,20). The molecule has 0 unspecified atom stereocenters. The number of aromatic nitrogens is 3.